The molecule has 168 valence electrons. The Balaban J connectivity index is 1.92. The quantitative estimate of drug-likeness (QED) is 0.291. The maximum atomic E-state index is 13.2. The highest BCUT2D eigenvalue weighted by Crippen LogP contribution is 2.43. The molecule has 1 aliphatic rings. The molecular weight excluding hydrogens is 463 g/mol. The number of benzene rings is 2. The highest BCUT2D eigenvalue weighted by Gasteiger charge is 2.47. The second kappa shape index (κ2) is 9.25. The lowest BCUT2D eigenvalue weighted by Crippen LogP contribution is -2.29. The Hall–Kier alpha value is -3.35. The summed E-state index contributed by atoms with van der Waals surface area (Å²) in [6.45, 7) is 2.03. The van der Waals surface area contributed by atoms with Gasteiger partial charge in [0.25, 0.3) is 11.7 Å². The molecule has 1 saturated heterocycles. The lowest BCUT2D eigenvalue weighted by Gasteiger charge is -2.25. The predicted octanol–water partition coefficient (Wildman–Crippen LogP) is 5.59. The monoisotopic (exact) mass is 482 g/mol. The predicted molar refractivity (Wildman–Crippen MR) is 128 cm³/mol. The topological polar surface area (TPSA) is 79.7 Å². The molecule has 33 heavy (non-hydrogen) atoms. The molecule has 2 aromatic carbocycles. The molecular formula is C25H20Cl2N2O4. The molecule has 0 bridgehead atoms. The van der Waals surface area contributed by atoms with E-state index in [1.54, 1.807) is 36.7 Å². The van der Waals surface area contributed by atoms with E-state index in [0.717, 1.165) is 12.0 Å². The minimum Gasteiger partial charge on any atom is -0.507 e. The van der Waals surface area contributed by atoms with Crippen molar-refractivity contribution in [1.82, 2.24) is 4.98 Å². The van der Waals surface area contributed by atoms with E-state index in [4.69, 9.17) is 27.9 Å². The largest absolute Gasteiger partial charge is 0.507 e. The third-order valence-electron chi connectivity index (χ3n) is 5.56. The Morgan fingerprint density at radius 3 is 2.21 bits per heavy atom. The Kier molecular flexibility index (Phi) is 6.40. The molecule has 6 nitrogen and oxygen atoms in total. The second-order valence-electron chi connectivity index (χ2n) is 7.44. The minimum absolute atomic E-state index is 0.0666. The molecule has 1 aliphatic heterocycles. The summed E-state index contributed by atoms with van der Waals surface area (Å²) in [7, 11) is 1.42. The molecule has 1 aromatic heterocycles. The number of aliphatic hydroxyl groups excluding tert-OH is 1. The van der Waals surface area contributed by atoms with Crippen LogP contribution in [-0.2, 0) is 16.0 Å². The molecule has 1 N–H and O–H groups in total. The fourth-order valence-electron chi connectivity index (χ4n) is 3.90. The second-order valence-corrected chi connectivity index (χ2v) is 8.26. The molecule has 1 fully saturated rings. The number of amides is 1. The van der Waals surface area contributed by atoms with Gasteiger partial charge in [-0.2, -0.15) is 0 Å². The lowest BCUT2D eigenvalue weighted by atomic mass is 9.95. The molecule has 1 atom stereocenters. The Labute approximate surface area is 201 Å². The van der Waals surface area contributed by atoms with Crippen molar-refractivity contribution in [2.75, 3.05) is 12.0 Å². The molecule has 4 rings (SSSR count). The van der Waals surface area contributed by atoms with E-state index < -0.39 is 17.7 Å². The summed E-state index contributed by atoms with van der Waals surface area (Å²) in [5.74, 6) is -1.68. The number of ketones is 1. The number of halogens is 2. The summed E-state index contributed by atoms with van der Waals surface area (Å²) in [6, 6.07) is 12.8. The summed E-state index contributed by atoms with van der Waals surface area (Å²) in [5.41, 5.74) is 2.39. The number of methoxy groups -OCH3 is 1. The zero-order valence-electron chi connectivity index (χ0n) is 17.9. The number of carbonyl (C=O) groups is 2. The normalized spacial score (nSPS) is 17.5. The van der Waals surface area contributed by atoms with Crippen molar-refractivity contribution >= 4 is 46.3 Å². The first kappa shape index (κ1) is 22.8. The van der Waals surface area contributed by atoms with Gasteiger partial charge >= 0.3 is 0 Å². The third kappa shape index (κ3) is 4.08. The smallest absolute Gasteiger partial charge is 0.300 e. The van der Waals surface area contributed by atoms with Crippen LogP contribution in [-0.4, -0.2) is 28.9 Å². The average Bonchev–Trinajstić information content (AvgIpc) is 3.09. The number of pyridine rings is 1. The van der Waals surface area contributed by atoms with Crippen LogP contribution < -0.4 is 9.64 Å². The summed E-state index contributed by atoms with van der Waals surface area (Å²) in [4.78, 5) is 31.8. The van der Waals surface area contributed by atoms with Gasteiger partial charge in [0.2, 0.25) is 0 Å². The van der Waals surface area contributed by atoms with Crippen molar-refractivity contribution in [3.8, 4) is 5.75 Å². The van der Waals surface area contributed by atoms with Crippen LogP contribution in [0.2, 0.25) is 10.0 Å². The number of hydrogen-bond acceptors (Lipinski definition) is 5. The number of aryl methyl sites for hydroxylation is 1. The van der Waals surface area contributed by atoms with Gasteiger partial charge in [-0.15, -0.1) is 0 Å². The van der Waals surface area contributed by atoms with Crippen LogP contribution in [0.3, 0.4) is 0 Å². The maximum Gasteiger partial charge on any atom is 0.300 e. The molecule has 0 aliphatic carbocycles. The number of carbonyl (C=O) groups excluding carboxylic acids is 2. The number of nitrogens with zero attached hydrogens (tertiary/aromatic N) is 2. The number of rotatable bonds is 5. The van der Waals surface area contributed by atoms with Crippen LogP contribution in [0.5, 0.6) is 5.75 Å². The first-order valence-electron chi connectivity index (χ1n) is 10.2. The van der Waals surface area contributed by atoms with Gasteiger partial charge in [-0.05, 0) is 53.9 Å². The number of hydrogen-bond donors (Lipinski definition) is 1. The first-order valence-corrected chi connectivity index (χ1v) is 11.0. The molecule has 0 radical (unpaired) electrons. The van der Waals surface area contributed by atoms with Crippen LogP contribution in [0, 0.1) is 0 Å². The van der Waals surface area contributed by atoms with Gasteiger partial charge in [-0.3, -0.25) is 19.5 Å². The van der Waals surface area contributed by atoms with E-state index in [1.807, 2.05) is 19.1 Å². The van der Waals surface area contributed by atoms with Crippen LogP contribution in [0.15, 0.2) is 66.5 Å². The van der Waals surface area contributed by atoms with Gasteiger partial charge < -0.3 is 9.84 Å². The SMILES string of the molecule is CCc1ccc(N2C(=O)C(=O)/C(=C(/O)c3cc(Cl)c(OC)c(Cl)c3)C2c2ccncc2)cc1. The number of aromatic nitrogens is 1. The molecule has 2 heterocycles. The number of ether oxygens (including phenoxy) is 1. The number of aliphatic hydroxyl groups is 1. The number of anilines is 1. The highest BCUT2D eigenvalue weighted by molar-refractivity contribution is 6.51. The molecule has 0 saturated carbocycles. The molecule has 1 unspecified atom stereocenters. The van der Waals surface area contributed by atoms with Crippen LogP contribution in [0.1, 0.15) is 29.7 Å². The fraction of sp³-hybridized carbons (Fsp3) is 0.160. The van der Waals surface area contributed by atoms with Gasteiger partial charge in [-0.1, -0.05) is 42.3 Å². The summed E-state index contributed by atoms with van der Waals surface area (Å²) in [6.07, 6.45) is 3.97. The summed E-state index contributed by atoms with van der Waals surface area (Å²) in [5, 5.41) is 11.5. The molecule has 3 aromatic rings. The molecule has 1 amide bonds. The van der Waals surface area contributed by atoms with Crippen molar-refractivity contribution in [2.24, 2.45) is 0 Å². The van der Waals surface area contributed by atoms with Crippen LogP contribution in [0.25, 0.3) is 5.76 Å². The molecule has 0 spiro atoms. The van der Waals surface area contributed by atoms with E-state index in [1.165, 1.54) is 24.1 Å². The van der Waals surface area contributed by atoms with Crippen molar-refractivity contribution in [3.63, 3.8) is 0 Å². The molecule has 8 heteroatoms. The maximum absolute atomic E-state index is 13.2. The first-order chi connectivity index (χ1) is 15.9. The van der Waals surface area contributed by atoms with Crippen LogP contribution >= 0.6 is 23.2 Å². The van der Waals surface area contributed by atoms with Gasteiger partial charge in [0.05, 0.1) is 28.8 Å². The van der Waals surface area contributed by atoms with E-state index in [0.29, 0.717) is 11.3 Å². The Morgan fingerprint density at radius 2 is 1.67 bits per heavy atom. The zero-order valence-corrected chi connectivity index (χ0v) is 19.4. The Morgan fingerprint density at radius 1 is 1.06 bits per heavy atom. The third-order valence-corrected chi connectivity index (χ3v) is 6.13. The summed E-state index contributed by atoms with van der Waals surface area (Å²) < 4.78 is 5.16. The minimum atomic E-state index is -0.861. The van der Waals surface area contributed by atoms with Gasteiger partial charge in [0.1, 0.15) is 5.76 Å². The van der Waals surface area contributed by atoms with E-state index in [2.05, 4.69) is 4.98 Å². The number of Topliss-reactive ketones (excluding diaryl/α,β-unsaturated/α-hetero) is 1. The van der Waals surface area contributed by atoms with Gasteiger partial charge in [-0.25, -0.2) is 0 Å². The van der Waals surface area contributed by atoms with E-state index in [9.17, 15) is 14.7 Å². The van der Waals surface area contributed by atoms with Crippen molar-refractivity contribution < 1.29 is 19.4 Å². The standard InChI is InChI=1S/C25H20Cl2N2O4/c1-3-14-4-6-17(7-5-14)29-21(15-8-10-28-11-9-15)20(23(31)25(29)32)22(30)16-12-18(26)24(33-2)19(27)13-16/h4-13,21,30H,3H2,1-2H3/b22-20+. The van der Waals surface area contributed by atoms with Crippen molar-refractivity contribution in [3.05, 3.63) is 93.2 Å². The van der Waals surface area contributed by atoms with Crippen LogP contribution in [0.4, 0.5) is 5.69 Å². The lowest BCUT2D eigenvalue weighted by molar-refractivity contribution is -0.132. The van der Waals surface area contributed by atoms with Gasteiger partial charge in [0, 0.05) is 23.6 Å². The summed E-state index contributed by atoms with van der Waals surface area (Å²) >= 11 is 12.5. The van der Waals surface area contributed by atoms with Crippen molar-refractivity contribution in [2.45, 2.75) is 19.4 Å². The zero-order chi connectivity index (χ0) is 23.7. The average molecular weight is 483 g/mol. The highest BCUT2D eigenvalue weighted by atomic mass is 35.5. The van der Waals surface area contributed by atoms with Gasteiger partial charge in [0.15, 0.2) is 5.75 Å². The van der Waals surface area contributed by atoms with E-state index >= 15 is 0 Å². The van der Waals surface area contributed by atoms with E-state index in [-0.39, 0.29) is 32.7 Å². The van der Waals surface area contributed by atoms with Crippen molar-refractivity contribution in [1.29, 1.82) is 0 Å². The Bertz CT molecular complexity index is 1230. The fourth-order valence-corrected chi connectivity index (χ4v) is 4.54.